The molecular weight excluding hydrogens is 512 g/mol. The molecule has 0 fully saturated rings. The molecule has 41 heavy (non-hydrogen) atoms. The van der Waals surface area contributed by atoms with E-state index in [0.29, 0.717) is 17.9 Å². The molecule has 0 aliphatic carbocycles. The molecule has 0 spiro atoms. The first-order valence-corrected chi connectivity index (χ1v) is 15.8. The Labute approximate surface area is 248 Å². The second kappa shape index (κ2) is 20.0. The first-order chi connectivity index (χ1) is 19.8. The van der Waals surface area contributed by atoms with Gasteiger partial charge in [-0.05, 0) is 49.6 Å². The summed E-state index contributed by atoms with van der Waals surface area (Å²) >= 11 is 0. The first kappa shape index (κ1) is 34.3. The predicted molar refractivity (Wildman–Crippen MR) is 167 cm³/mol. The quantitative estimate of drug-likeness (QED) is 0.0616. The van der Waals surface area contributed by atoms with Gasteiger partial charge in [-0.15, -0.1) is 0 Å². The Morgan fingerprint density at radius 1 is 0.659 bits per heavy atom. The largest absolute Gasteiger partial charge is 0.497 e. The van der Waals surface area contributed by atoms with Crippen molar-refractivity contribution in [1.29, 1.82) is 0 Å². The molecule has 0 saturated heterocycles. The van der Waals surface area contributed by atoms with Crippen molar-refractivity contribution in [2.75, 3.05) is 13.7 Å². The summed E-state index contributed by atoms with van der Waals surface area (Å²) in [5, 5.41) is 0. The topological polar surface area (TPSA) is 69.7 Å². The van der Waals surface area contributed by atoms with Crippen LogP contribution in [0.4, 0.5) is 0 Å². The van der Waals surface area contributed by atoms with E-state index >= 15 is 0 Å². The molecule has 0 unspecified atom stereocenters. The van der Waals surface area contributed by atoms with Crippen molar-refractivity contribution in [2.24, 2.45) is 5.92 Å². The SMILES string of the molecule is COc1ccc(C(=O)CC(=O)c2ccc(C)cc2C(=O)OCCCCCCCCCCCCCCCC(C)C)cc1. The molecule has 0 aliphatic rings. The third kappa shape index (κ3) is 14.0. The van der Waals surface area contributed by atoms with Crippen molar-refractivity contribution < 1.29 is 23.9 Å². The number of hydrogen-bond donors (Lipinski definition) is 0. The summed E-state index contributed by atoms with van der Waals surface area (Å²) in [5.41, 5.74) is 1.75. The van der Waals surface area contributed by atoms with Gasteiger partial charge in [0.15, 0.2) is 11.6 Å². The summed E-state index contributed by atoms with van der Waals surface area (Å²) in [7, 11) is 1.55. The van der Waals surface area contributed by atoms with E-state index < -0.39 is 5.97 Å². The summed E-state index contributed by atoms with van der Waals surface area (Å²) in [6.07, 6.45) is 17.5. The number of unbranched alkanes of at least 4 members (excludes halogenated alkanes) is 12. The van der Waals surface area contributed by atoms with Crippen LogP contribution in [-0.2, 0) is 4.74 Å². The number of Topliss-reactive ketones (excluding diaryl/α,β-unsaturated/α-hetero) is 2. The molecule has 226 valence electrons. The van der Waals surface area contributed by atoms with Crippen LogP contribution in [0.5, 0.6) is 5.75 Å². The Morgan fingerprint density at radius 3 is 1.73 bits per heavy atom. The number of rotatable bonds is 22. The number of benzene rings is 2. The van der Waals surface area contributed by atoms with Crippen molar-refractivity contribution in [3.63, 3.8) is 0 Å². The lowest BCUT2D eigenvalue weighted by molar-refractivity contribution is 0.0493. The number of ketones is 2. The zero-order valence-electron chi connectivity index (χ0n) is 26.0. The van der Waals surface area contributed by atoms with Crippen LogP contribution in [0.1, 0.15) is 147 Å². The van der Waals surface area contributed by atoms with E-state index in [1.54, 1.807) is 49.6 Å². The molecule has 0 N–H and O–H groups in total. The monoisotopic (exact) mass is 564 g/mol. The summed E-state index contributed by atoms with van der Waals surface area (Å²) in [4.78, 5) is 38.4. The van der Waals surface area contributed by atoms with Gasteiger partial charge in [-0.2, -0.15) is 0 Å². The van der Waals surface area contributed by atoms with Crippen LogP contribution < -0.4 is 4.74 Å². The third-order valence-corrected chi connectivity index (χ3v) is 7.59. The molecule has 0 amide bonds. The highest BCUT2D eigenvalue weighted by Crippen LogP contribution is 2.19. The smallest absolute Gasteiger partial charge is 0.338 e. The minimum Gasteiger partial charge on any atom is -0.497 e. The number of aryl methyl sites for hydroxylation is 1. The Morgan fingerprint density at radius 2 is 1.20 bits per heavy atom. The van der Waals surface area contributed by atoms with E-state index in [4.69, 9.17) is 9.47 Å². The highest BCUT2D eigenvalue weighted by molar-refractivity contribution is 6.16. The van der Waals surface area contributed by atoms with Gasteiger partial charge in [0, 0.05) is 11.1 Å². The lowest BCUT2D eigenvalue weighted by Gasteiger charge is -2.10. The fourth-order valence-corrected chi connectivity index (χ4v) is 5.03. The molecule has 0 atom stereocenters. The standard InChI is InChI=1S/C36H52O5/c1-28(2)18-16-14-12-10-8-6-5-7-9-11-13-15-17-25-41-36(39)33-26-29(3)19-24-32(33)35(38)27-34(37)30-20-22-31(40-4)23-21-30/h19-24,26,28H,5-18,25,27H2,1-4H3. The summed E-state index contributed by atoms with van der Waals surface area (Å²) < 4.78 is 10.6. The molecule has 0 bridgehead atoms. The van der Waals surface area contributed by atoms with Crippen molar-refractivity contribution >= 4 is 17.5 Å². The molecule has 0 saturated carbocycles. The molecule has 0 aliphatic heterocycles. The number of hydrogen-bond acceptors (Lipinski definition) is 5. The average Bonchev–Trinajstić information content (AvgIpc) is 2.96. The molecule has 5 nitrogen and oxygen atoms in total. The van der Waals surface area contributed by atoms with Crippen LogP contribution >= 0.6 is 0 Å². The molecule has 0 radical (unpaired) electrons. The van der Waals surface area contributed by atoms with Gasteiger partial charge in [-0.1, -0.05) is 115 Å². The van der Waals surface area contributed by atoms with Crippen molar-refractivity contribution in [3.05, 3.63) is 64.7 Å². The molecule has 2 rings (SSSR count). The Balaban J connectivity index is 1.62. The van der Waals surface area contributed by atoms with Crippen LogP contribution in [0.15, 0.2) is 42.5 Å². The minimum absolute atomic E-state index is 0.230. The van der Waals surface area contributed by atoms with Crippen molar-refractivity contribution in [1.82, 2.24) is 0 Å². The molecule has 0 aromatic heterocycles. The van der Waals surface area contributed by atoms with Crippen LogP contribution in [0.3, 0.4) is 0 Å². The lowest BCUT2D eigenvalue weighted by Crippen LogP contribution is -2.15. The van der Waals surface area contributed by atoms with Gasteiger partial charge in [0.1, 0.15) is 5.75 Å². The third-order valence-electron chi connectivity index (χ3n) is 7.59. The van der Waals surface area contributed by atoms with Gasteiger partial charge in [0.05, 0.1) is 25.7 Å². The number of carbonyl (C=O) groups excluding carboxylic acids is 3. The fourth-order valence-electron chi connectivity index (χ4n) is 5.03. The van der Waals surface area contributed by atoms with Crippen LogP contribution in [0.2, 0.25) is 0 Å². The Bertz CT molecular complexity index is 1050. The van der Waals surface area contributed by atoms with E-state index in [2.05, 4.69) is 13.8 Å². The number of methoxy groups -OCH3 is 1. The zero-order valence-corrected chi connectivity index (χ0v) is 26.0. The summed E-state index contributed by atoms with van der Waals surface area (Å²) in [6.45, 7) is 6.81. The highest BCUT2D eigenvalue weighted by atomic mass is 16.5. The van der Waals surface area contributed by atoms with E-state index in [1.807, 2.05) is 6.92 Å². The van der Waals surface area contributed by atoms with Crippen LogP contribution in [0, 0.1) is 12.8 Å². The number of esters is 1. The van der Waals surface area contributed by atoms with E-state index in [9.17, 15) is 14.4 Å². The summed E-state index contributed by atoms with van der Waals surface area (Å²) in [6, 6.07) is 11.7. The average molecular weight is 565 g/mol. The molecule has 2 aromatic rings. The van der Waals surface area contributed by atoms with E-state index in [1.165, 1.54) is 70.6 Å². The lowest BCUT2D eigenvalue weighted by atomic mass is 9.96. The Hall–Kier alpha value is -2.95. The molecule has 2 aromatic carbocycles. The zero-order chi connectivity index (χ0) is 29.9. The van der Waals surface area contributed by atoms with Gasteiger partial charge in [0.2, 0.25) is 0 Å². The van der Waals surface area contributed by atoms with Crippen LogP contribution in [0.25, 0.3) is 0 Å². The Kier molecular flexibility index (Phi) is 16.7. The second-order valence-corrected chi connectivity index (χ2v) is 11.7. The van der Waals surface area contributed by atoms with Crippen molar-refractivity contribution in [2.45, 2.75) is 117 Å². The summed E-state index contributed by atoms with van der Waals surface area (Å²) in [5.74, 6) is 0.281. The maximum Gasteiger partial charge on any atom is 0.338 e. The molecule has 0 heterocycles. The number of carbonyl (C=O) groups is 3. The second-order valence-electron chi connectivity index (χ2n) is 11.7. The molecular formula is C36H52O5. The van der Waals surface area contributed by atoms with E-state index in [-0.39, 0.29) is 29.1 Å². The maximum absolute atomic E-state index is 13.0. The van der Waals surface area contributed by atoms with Crippen LogP contribution in [-0.4, -0.2) is 31.3 Å². The minimum atomic E-state index is -0.506. The maximum atomic E-state index is 13.0. The van der Waals surface area contributed by atoms with Gasteiger partial charge < -0.3 is 9.47 Å². The highest BCUT2D eigenvalue weighted by Gasteiger charge is 2.21. The van der Waals surface area contributed by atoms with Gasteiger partial charge in [-0.25, -0.2) is 4.79 Å². The molecule has 5 heteroatoms. The van der Waals surface area contributed by atoms with E-state index in [0.717, 1.165) is 30.7 Å². The van der Waals surface area contributed by atoms with Crippen molar-refractivity contribution in [3.8, 4) is 5.75 Å². The first-order valence-electron chi connectivity index (χ1n) is 15.8. The van der Waals surface area contributed by atoms with Gasteiger partial charge >= 0.3 is 5.97 Å². The van der Waals surface area contributed by atoms with Gasteiger partial charge in [0.25, 0.3) is 0 Å². The predicted octanol–water partition coefficient (Wildman–Crippen LogP) is 9.73. The fraction of sp³-hybridized carbons (Fsp3) is 0.583. The normalized spacial score (nSPS) is 11.0. The number of ether oxygens (including phenoxy) is 2. The van der Waals surface area contributed by atoms with Gasteiger partial charge in [-0.3, -0.25) is 9.59 Å².